The van der Waals surface area contributed by atoms with E-state index in [0.717, 1.165) is 50.5 Å². The first-order chi connectivity index (χ1) is 15.3. The lowest BCUT2D eigenvalue weighted by Gasteiger charge is -2.41. The van der Waals surface area contributed by atoms with E-state index in [-0.39, 0.29) is 0 Å². The van der Waals surface area contributed by atoms with Crippen molar-refractivity contribution in [1.29, 1.82) is 0 Å². The number of carboxylic acid groups (broad SMARTS) is 1. The van der Waals surface area contributed by atoms with Crippen LogP contribution in [0.4, 0.5) is 5.69 Å². The molecule has 0 saturated carbocycles. The molecule has 32 heavy (non-hydrogen) atoms. The number of halogens is 1. The second-order valence-corrected chi connectivity index (χ2v) is 10.8. The monoisotopic (exact) mass is 450 g/mol. The van der Waals surface area contributed by atoms with Crippen LogP contribution in [0.15, 0.2) is 48.0 Å². The van der Waals surface area contributed by atoms with E-state index in [4.69, 9.17) is 11.6 Å². The molecule has 3 aliphatic rings. The molecular formula is C27H31ClN2O2. The molecule has 1 fully saturated rings. The Morgan fingerprint density at radius 1 is 1.16 bits per heavy atom. The topological polar surface area (TPSA) is 43.8 Å². The van der Waals surface area contributed by atoms with Crippen LogP contribution in [0.1, 0.15) is 54.6 Å². The normalized spacial score (nSPS) is 22.6. The number of anilines is 1. The zero-order valence-electron chi connectivity index (χ0n) is 18.9. The number of hydrogen-bond acceptors (Lipinski definition) is 3. The van der Waals surface area contributed by atoms with Crippen molar-refractivity contribution < 1.29 is 9.90 Å². The molecule has 2 heterocycles. The summed E-state index contributed by atoms with van der Waals surface area (Å²) in [5.74, 6) is -0.846. The maximum atomic E-state index is 11.4. The molecule has 168 valence electrons. The average Bonchev–Trinajstić information content (AvgIpc) is 3.11. The number of fused-ring (bicyclic) bond motifs is 3. The maximum Gasteiger partial charge on any atom is 0.335 e. The molecule has 0 amide bonds. The molecule has 5 heteroatoms. The summed E-state index contributed by atoms with van der Waals surface area (Å²) in [5.41, 5.74) is 7.51. The van der Waals surface area contributed by atoms with Crippen molar-refractivity contribution in [2.24, 2.45) is 5.41 Å². The molecule has 0 spiro atoms. The molecule has 2 aromatic rings. The smallest absolute Gasteiger partial charge is 0.335 e. The van der Waals surface area contributed by atoms with E-state index in [2.05, 4.69) is 35.8 Å². The third kappa shape index (κ3) is 4.18. The molecule has 0 unspecified atom stereocenters. The van der Waals surface area contributed by atoms with Gasteiger partial charge in [-0.05, 0) is 78.1 Å². The van der Waals surface area contributed by atoms with E-state index >= 15 is 0 Å². The highest BCUT2D eigenvalue weighted by atomic mass is 35.5. The Morgan fingerprint density at radius 2 is 1.94 bits per heavy atom. The van der Waals surface area contributed by atoms with Crippen LogP contribution in [0, 0.1) is 5.41 Å². The highest BCUT2D eigenvalue weighted by Gasteiger charge is 2.36. The summed E-state index contributed by atoms with van der Waals surface area (Å²) in [4.78, 5) is 16.5. The molecule has 0 bridgehead atoms. The van der Waals surface area contributed by atoms with Crippen molar-refractivity contribution >= 4 is 28.8 Å². The maximum absolute atomic E-state index is 11.4. The van der Waals surface area contributed by atoms with E-state index < -0.39 is 5.97 Å². The average molecular weight is 451 g/mol. The molecule has 0 aromatic heterocycles. The highest BCUT2D eigenvalue weighted by Crippen LogP contribution is 2.43. The molecule has 1 aliphatic carbocycles. The predicted molar refractivity (Wildman–Crippen MR) is 131 cm³/mol. The minimum absolute atomic E-state index is 0.337. The fourth-order valence-corrected chi connectivity index (χ4v) is 5.93. The van der Waals surface area contributed by atoms with E-state index in [1.165, 1.54) is 28.8 Å². The van der Waals surface area contributed by atoms with Crippen LogP contribution in [0.5, 0.6) is 0 Å². The first kappa shape index (κ1) is 21.5. The molecule has 1 atom stereocenters. The van der Waals surface area contributed by atoms with Crippen LogP contribution in [-0.2, 0) is 6.42 Å². The Kier molecular flexibility index (Phi) is 5.55. The summed E-state index contributed by atoms with van der Waals surface area (Å²) in [6.45, 7) is 8.84. The molecule has 0 radical (unpaired) electrons. The van der Waals surface area contributed by atoms with Crippen LogP contribution in [0.2, 0.25) is 5.02 Å². The van der Waals surface area contributed by atoms with Crippen LogP contribution in [0.25, 0.3) is 5.57 Å². The van der Waals surface area contributed by atoms with Crippen LogP contribution in [0.3, 0.4) is 0 Å². The molecule has 2 aromatic carbocycles. The van der Waals surface area contributed by atoms with Crippen LogP contribution >= 0.6 is 11.6 Å². The van der Waals surface area contributed by atoms with Gasteiger partial charge in [0.25, 0.3) is 0 Å². The van der Waals surface area contributed by atoms with Gasteiger partial charge in [-0.25, -0.2) is 4.79 Å². The molecule has 1 N–H and O–H groups in total. The molecule has 1 saturated heterocycles. The van der Waals surface area contributed by atoms with Gasteiger partial charge < -0.3 is 10.0 Å². The Morgan fingerprint density at radius 3 is 2.69 bits per heavy atom. The zero-order valence-corrected chi connectivity index (χ0v) is 19.7. The van der Waals surface area contributed by atoms with E-state index in [0.29, 0.717) is 17.0 Å². The lowest BCUT2D eigenvalue weighted by atomic mass is 9.72. The number of allylic oxidation sites excluding steroid dienone is 1. The second-order valence-electron chi connectivity index (χ2n) is 10.4. The minimum atomic E-state index is -0.846. The summed E-state index contributed by atoms with van der Waals surface area (Å²) in [7, 11) is 0. The van der Waals surface area contributed by atoms with Crippen molar-refractivity contribution in [2.45, 2.75) is 45.6 Å². The van der Waals surface area contributed by atoms with Gasteiger partial charge in [-0.2, -0.15) is 0 Å². The largest absolute Gasteiger partial charge is 0.478 e. The lowest BCUT2D eigenvalue weighted by Crippen LogP contribution is -2.52. The number of benzene rings is 2. The highest BCUT2D eigenvalue weighted by molar-refractivity contribution is 6.30. The van der Waals surface area contributed by atoms with Gasteiger partial charge in [0.15, 0.2) is 0 Å². The van der Waals surface area contributed by atoms with Gasteiger partial charge in [-0.3, -0.25) is 4.90 Å². The fraction of sp³-hybridized carbons (Fsp3) is 0.444. The number of aromatic carboxylic acids is 1. The Bertz CT molecular complexity index is 1070. The lowest BCUT2D eigenvalue weighted by molar-refractivity contribution is 0.0697. The molecule has 2 aliphatic heterocycles. The van der Waals surface area contributed by atoms with E-state index in [1.807, 2.05) is 24.3 Å². The fourth-order valence-electron chi connectivity index (χ4n) is 5.80. The van der Waals surface area contributed by atoms with Gasteiger partial charge in [0.05, 0.1) is 5.56 Å². The van der Waals surface area contributed by atoms with Gasteiger partial charge >= 0.3 is 5.97 Å². The standard InChI is InChI=1S/C27H31ClN2O2/c1-27(2)10-9-24(18-3-6-22(28)7-4-18)21(15-27)16-29-11-12-30-23(17-29)14-20-13-19(26(31)32)5-8-25(20)30/h3-8,13,23H,9-12,14-17H2,1-2H3,(H,31,32)/t23-/m1/s1. The summed E-state index contributed by atoms with van der Waals surface area (Å²) >= 11 is 6.14. The van der Waals surface area contributed by atoms with Crippen LogP contribution in [-0.4, -0.2) is 48.2 Å². The summed E-state index contributed by atoms with van der Waals surface area (Å²) in [5, 5.41) is 10.1. The van der Waals surface area contributed by atoms with Crippen molar-refractivity contribution in [2.75, 3.05) is 31.1 Å². The minimum Gasteiger partial charge on any atom is -0.478 e. The summed E-state index contributed by atoms with van der Waals surface area (Å²) in [6, 6.07) is 14.4. The van der Waals surface area contributed by atoms with Crippen LogP contribution < -0.4 is 4.90 Å². The SMILES string of the molecule is CC1(C)CCC(c2ccc(Cl)cc2)=C(CN2CCN3c4ccc(C(=O)O)cc4C[C@@H]3C2)C1. The Balaban J connectivity index is 1.35. The number of carboxylic acids is 1. The second kappa shape index (κ2) is 8.24. The number of nitrogens with zero attached hydrogens (tertiary/aromatic N) is 2. The van der Waals surface area contributed by atoms with Gasteiger partial charge in [-0.1, -0.05) is 43.2 Å². The third-order valence-electron chi connectivity index (χ3n) is 7.44. The van der Waals surface area contributed by atoms with Crippen molar-refractivity contribution in [1.82, 2.24) is 4.90 Å². The Hall–Kier alpha value is -2.30. The molecular weight excluding hydrogens is 420 g/mol. The van der Waals surface area contributed by atoms with E-state index in [1.54, 1.807) is 11.6 Å². The van der Waals surface area contributed by atoms with E-state index in [9.17, 15) is 9.90 Å². The van der Waals surface area contributed by atoms with Gasteiger partial charge in [0, 0.05) is 42.9 Å². The van der Waals surface area contributed by atoms with Crippen molar-refractivity contribution in [3.63, 3.8) is 0 Å². The molecule has 5 rings (SSSR count). The quantitative estimate of drug-likeness (QED) is 0.644. The zero-order chi connectivity index (χ0) is 22.5. The van der Waals surface area contributed by atoms with Crippen molar-refractivity contribution in [3.8, 4) is 0 Å². The Labute approximate surface area is 195 Å². The summed E-state index contributed by atoms with van der Waals surface area (Å²) < 4.78 is 0. The molecule has 4 nitrogen and oxygen atoms in total. The van der Waals surface area contributed by atoms with Gasteiger partial charge in [0.2, 0.25) is 0 Å². The number of rotatable bonds is 4. The van der Waals surface area contributed by atoms with Crippen molar-refractivity contribution in [3.05, 3.63) is 69.8 Å². The first-order valence-electron chi connectivity index (χ1n) is 11.6. The number of carbonyl (C=O) groups is 1. The first-order valence-corrected chi connectivity index (χ1v) is 12.0. The van der Waals surface area contributed by atoms with Gasteiger partial charge in [0.1, 0.15) is 0 Å². The summed E-state index contributed by atoms with van der Waals surface area (Å²) in [6.07, 6.45) is 4.41. The third-order valence-corrected chi connectivity index (χ3v) is 7.69. The number of hydrogen-bond donors (Lipinski definition) is 1. The van der Waals surface area contributed by atoms with Gasteiger partial charge in [-0.15, -0.1) is 0 Å². The predicted octanol–water partition coefficient (Wildman–Crippen LogP) is 5.75. The number of piperazine rings is 1.